The summed E-state index contributed by atoms with van der Waals surface area (Å²) in [7, 11) is -3.26. The van der Waals surface area contributed by atoms with Gasteiger partial charge < -0.3 is 0 Å². The van der Waals surface area contributed by atoms with E-state index in [1.54, 1.807) is 0 Å². The molecule has 1 aliphatic rings. The number of rotatable bonds is 2. The van der Waals surface area contributed by atoms with Crippen LogP contribution in [0.4, 0.5) is 0 Å². The van der Waals surface area contributed by atoms with Crippen molar-refractivity contribution in [1.82, 2.24) is 0 Å². The Morgan fingerprint density at radius 3 is 2.53 bits per heavy atom. The average molecular weight is 242 g/mol. The molecule has 0 bridgehead atoms. The molecule has 0 saturated heterocycles. The van der Waals surface area contributed by atoms with E-state index < -0.39 is 9.84 Å². The molecule has 5 heteroatoms. The summed E-state index contributed by atoms with van der Waals surface area (Å²) in [4.78, 5) is 0.144. The van der Waals surface area contributed by atoms with Gasteiger partial charge in [-0.25, -0.2) is 8.42 Å². The van der Waals surface area contributed by atoms with E-state index in [9.17, 15) is 8.42 Å². The molecule has 0 radical (unpaired) electrons. The second-order valence-electron chi connectivity index (χ2n) is 3.50. The monoisotopic (exact) mass is 241 g/mol. The van der Waals surface area contributed by atoms with Crippen LogP contribution in [-0.2, 0) is 9.84 Å². The van der Waals surface area contributed by atoms with E-state index in [4.69, 9.17) is 16.9 Å². The maximum Gasteiger partial charge on any atom is 0.182 e. The summed E-state index contributed by atoms with van der Waals surface area (Å²) in [5.74, 6) is 0. The first kappa shape index (κ1) is 10.5. The van der Waals surface area contributed by atoms with E-state index >= 15 is 0 Å². The van der Waals surface area contributed by atoms with Crippen LogP contribution >= 0.6 is 11.6 Å². The zero-order valence-corrected chi connectivity index (χ0v) is 9.35. The summed E-state index contributed by atoms with van der Waals surface area (Å²) in [6.45, 7) is 0. The van der Waals surface area contributed by atoms with E-state index in [1.165, 1.54) is 18.2 Å². The minimum Gasteiger partial charge on any atom is -0.223 e. The average Bonchev–Trinajstić information content (AvgIpc) is 3.00. The van der Waals surface area contributed by atoms with E-state index in [1.807, 2.05) is 6.07 Å². The van der Waals surface area contributed by atoms with Crippen LogP contribution in [0.25, 0.3) is 0 Å². The molecule has 0 unspecified atom stereocenters. The van der Waals surface area contributed by atoms with Crippen molar-refractivity contribution in [3.05, 3.63) is 28.8 Å². The van der Waals surface area contributed by atoms with Crippen LogP contribution in [0.15, 0.2) is 23.1 Å². The third kappa shape index (κ3) is 1.85. The van der Waals surface area contributed by atoms with Gasteiger partial charge in [0, 0.05) is 0 Å². The maximum absolute atomic E-state index is 11.8. The molecule has 0 atom stereocenters. The van der Waals surface area contributed by atoms with Crippen molar-refractivity contribution in [1.29, 1.82) is 5.26 Å². The molecule has 1 saturated carbocycles. The number of hydrogen-bond acceptors (Lipinski definition) is 3. The largest absolute Gasteiger partial charge is 0.223 e. The van der Waals surface area contributed by atoms with Gasteiger partial charge in [0.05, 0.1) is 26.8 Å². The lowest BCUT2D eigenvalue weighted by atomic mass is 10.2. The Labute approximate surface area is 93.2 Å². The number of benzene rings is 1. The molecule has 78 valence electrons. The summed E-state index contributed by atoms with van der Waals surface area (Å²) < 4.78 is 23.7. The lowest BCUT2D eigenvalue weighted by Gasteiger charge is -2.04. The van der Waals surface area contributed by atoms with Crippen LogP contribution in [0, 0.1) is 11.3 Å². The fourth-order valence-corrected chi connectivity index (χ4v) is 3.57. The Kier molecular flexibility index (Phi) is 2.45. The summed E-state index contributed by atoms with van der Waals surface area (Å²) >= 11 is 5.83. The van der Waals surface area contributed by atoms with Crippen molar-refractivity contribution in [3.8, 4) is 6.07 Å². The van der Waals surface area contributed by atoms with Crippen LogP contribution in [0.3, 0.4) is 0 Å². The molecule has 1 aromatic rings. The first-order chi connectivity index (χ1) is 7.05. The van der Waals surface area contributed by atoms with Gasteiger partial charge in [-0.3, -0.25) is 0 Å². The SMILES string of the molecule is N#Cc1ccc(S(=O)(=O)C2CC2)c(Cl)c1. The van der Waals surface area contributed by atoms with Gasteiger partial charge in [-0.15, -0.1) is 0 Å². The van der Waals surface area contributed by atoms with Crippen molar-refractivity contribution in [2.75, 3.05) is 0 Å². The molecule has 0 amide bonds. The Bertz CT molecular complexity index is 541. The molecule has 3 nitrogen and oxygen atoms in total. The first-order valence-corrected chi connectivity index (χ1v) is 6.41. The summed E-state index contributed by atoms with van der Waals surface area (Å²) in [5.41, 5.74) is 0.370. The number of nitriles is 1. The fourth-order valence-electron chi connectivity index (χ4n) is 1.36. The van der Waals surface area contributed by atoms with Gasteiger partial charge in [-0.05, 0) is 31.0 Å². The fraction of sp³-hybridized carbons (Fsp3) is 0.300. The lowest BCUT2D eigenvalue weighted by molar-refractivity contribution is 0.595. The molecular formula is C10H8ClNO2S. The summed E-state index contributed by atoms with van der Waals surface area (Å²) in [6.07, 6.45) is 1.41. The van der Waals surface area contributed by atoms with Gasteiger partial charge in [0.1, 0.15) is 0 Å². The van der Waals surface area contributed by atoms with Crippen LogP contribution in [0.2, 0.25) is 5.02 Å². The van der Waals surface area contributed by atoms with Crippen LogP contribution in [-0.4, -0.2) is 13.7 Å². The second-order valence-corrected chi connectivity index (χ2v) is 6.11. The molecule has 1 aromatic carbocycles. The quantitative estimate of drug-likeness (QED) is 0.797. The minimum absolute atomic E-state index is 0.140. The second kappa shape index (κ2) is 3.51. The molecular weight excluding hydrogens is 234 g/mol. The molecule has 0 N–H and O–H groups in total. The molecule has 2 rings (SSSR count). The molecule has 0 spiro atoms. The molecule has 15 heavy (non-hydrogen) atoms. The smallest absolute Gasteiger partial charge is 0.182 e. The van der Waals surface area contributed by atoms with Gasteiger partial charge in [-0.1, -0.05) is 11.6 Å². The molecule has 0 aromatic heterocycles. The number of nitrogens with zero attached hydrogens (tertiary/aromatic N) is 1. The highest BCUT2D eigenvalue weighted by molar-refractivity contribution is 7.92. The van der Waals surface area contributed by atoms with Gasteiger partial charge in [0.2, 0.25) is 0 Å². The zero-order chi connectivity index (χ0) is 11.1. The predicted octanol–water partition coefficient (Wildman–Crippen LogP) is 2.15. The maximum atomic E-state index is 11.8. The Balaban J connectivity index is 2.51. The van der Waals surface area contributed by atoms with Gasteiger partial charge in [-0.2, -0.15) is 5.26 Å². The summed E-state index contributed by atoms with van der Waals surface area (Å²) in [6, 6.07) is 6.18. The van der Waals surface area contributed by atoms with Gasteiger partial charge in [0.25, 0.3) is 0 Å². The molecule has 0 aliphatic heterocycles. The van der Waals surface area contributed by atoms with Crippen LogP contribution in [0.5, 0.6) is 0 Å². The summed E-state index contributed by atoms with van der Waals surface area (Å²) in [5, 5.41) is 8.48. The van der Waals surface area contributed by atoms with Crippen molar-refractivity contribution in [2.45, 2.75) is 23.0 Å². The van der Waals surface area contributed by atoms with E-state index in [0.717, 1.165) is 0 Å². The normalized spacial score (nSPS) is 16.0. The lowest BCUT2D eigenvalue weighted by Crippen LogP contribution is -2.07. The van der Waals surface area contributed by atoms with Crippen LogP contribution < -0.4 is 0 Å². The number of halogens is 1. The minimum atomic E-state index is -3.26. The van der Waals surface area contributed by atoms with Crippen molar-refractivity contribution in [2.24, 2.45) is 0 Å². The van der Waals surface area contributed by atoms with Gasteiger partial charge >= 0.3 is 0 Å². The standard InChI is InChI=1S/C10H8ClNO2S/c11-9-5-7(6-12)1-4-10(9)15(13,14)8-2-3-8/h1,4-5,8H,2-3H2. The molecule has 0 heterocycles. The van der Waals surface area contributed by atoms with Gasteiger partial charge in [0.15, 0.2) is 9.84 Å². The topological polar surface area (TPSA) is 57.9 Å². The Hall–Kier alpha value is -1.05. The third-order valence-electron chi connectivity index (χ3n) is 2.33. The predicted molar refractivity (Wildman–Crippen MR) is 56.4 cm³/mol. The zero-order valence-electron chi connectivity index (χ0n) is 7.77. The van der Waals surface area contributed by atoms with E-state index in [2.05, 4.69) is 0 Å². The van der Waals surface area contributed by atoms with Crippen molar-refractivity contribution in [3.63, 3.8) is 0 Å². The molecule has 1 aliphatic carbocycles. The third-order valence-corrected chi connectivity index (χ3v) is 5.07. The highest BCUT2D eigenvalue weighted by Gasteiger charge is 2.37. The Morgan fingerprint density at radius 1 is 1.40 bits per heavy atom. The van der Waals surface area contributed by atoms with Crippen molar-refractivity contribution >= 4 is 21.4 Å². The Morgan fingerprint density at radius 2 is 2.07 bits per heavy atom. The van der Waals surface area contributed by atoms with E-state index in [-0.39, 0.29) is 15.2 Å². The van der Waals surface area contributed by atoms with E-state index in [0.29, 0.717) is 18.4 Å². The number of sulfone groups is 1. The molecule has 1 fully saturated rings. The highest BCUT2D eigenvalue weighted by atomic mass is 35.5. The first-order valence-electron chi connectivity index (χ1n) is 4.49. The van der Waals surface area contributed by atoms with Crippen LogP contribution in [0.1, 0.15) is 18.4 Å². The highest BCUT2D eigenvalue weighted by Crippen LogP contribution is 2.36. The number of hydrogen-bond donors (Lipinski definition) is 0. The van der Waals surface area contributed by atoms with Crippen molar-refractivity contribution < 1.29 is 8.42 Å².